The van der Waals surface area contributed by atoms with Gasteiger partial charge in [0.2, 0.25) is 0 Å². The molecular formula is C11H12F2O. The highest BCUT2D eigenvalue weighted by atomic mass is 19.1. The second kappa shape index (κ2) is 3.02. The summed E-state index contributed by atoms with van der Waals surface area (Å²) in [5, 5.41) is 9.09. The van der Waals surface area contributed by atoms with Gasteiger partial charge in [0.05, 0.1) is 6.61 Å². The molecule has 0 unspecified atom stereocenters. The van der Waals surface area contributed by atoms with E-state index in [4.69, 9.17) is 5.11 Å². The van der Waals surface area contributed by atoms with Gasteiger partial charge in [-0.05, 0) is 37.5 Å². The third-order valence-electron chi connectivity index (χ3n) is 2.87. The van der Waals surface area contributed by atoms with Gasteiger partial charge in [-0.3, -0.25) is 0 Å². The van der Waals surface area contributed by atoms with Crippen LogP contribution in [-0.4, -0.2) is 11.7 Å². The second-order valence-corrected chi connectivity index (χ2v) is 4.04. The molecule has 0 aliphatic heterocycles. The molecule has 1 aliphatic carbocycles. The highest BCUT2D eigenvalue weighted by Crippen LogP contribution is 2.49. The summed E-state index contributed by atoms with van der Waals surface area (Å²) in [4.78, 5) is 0. The van der Waals surface area contributed by atoms with Gasteiger partial charge < -0.3 is 5.11 Å². The maximum absolute atomic E-state index is 13.5. The average Bonchev–Trinajstić information content (AvgIpc) is 2.83. The minimum atomic E-state index is -0.637. The Morgan fingerprint density at radius 1 is 1.29 bits per heavy atom. The van der Waals surface area contributed by atoms with Crippen LogP contribution in [0.5, 0.6) is 0 Å². The molecule has 14 heavy (non-hydrogen) atoms. The molecule has 1 fully saturated rings. The topological polar surface area (TPSA) is 20.2 Å². The monoisotopic (exact) mass is 198 g/mol. The Morgan fingerprint density at radius 2 is 1.79 bits per heavy atom. The molecule has 0 heterocycles. The second-order valence-electron chi connectivity index (χ2n) is 4.04. The number of halogens is 2. The minimum absolute atomic E-state index is 0.0607. The summed E-state index contributed by atoms with van der Waals surface area (Å²) >= 11 is 0. The van der Waals surface area contributed by atoms with Crippen molar-refractivity contribution >= 4 is 0 Å². The van der Waals surface area contributed by atoms with Gasteiger partial charge in [-0.1, -0.05) is 0 Å². The van der Waals surface area contributed by atoms with E-state index in [0.717, 1.165) is 0 Å². The fourth-order valence-corrected chi connectivity index (χ4v) is 1.84. The van der Waals surface area contributed by atoms with Gasteiger partial charge in [-0.25, -0.2) is 8.78 Å². The SMILES string of the molecule is Cc1cc(F)c(C2(CO)CC2)c(F)c1. The van der Waals surface area contributed by atoms with E-state index in [2.05, 4.69) is 0 Å². The summed E-state index contributed by atoms with van der Waals surface area (Å²) < 4.78 is 27.0. The van der Waals surface area contributed by atoms with E-state index in [1.807, 2.05) is 0 Å². The van der Waals surface area contributed by atoms with Crippen molar-refractivity contribution in [3.05, 3.63) is 34.9 Å². The number of aliphatic hydroxyl groups excluding tert-OH is 1. The Balaban J connectivity index is 2.53. The zero-order chi connectivity index (χ0) is 10.3. The quantitative estimate of drug-likeness (QED) is 0.773. The standard InChI is InChI=1S/C11H12F2O/c1-7-4-8(12)10(9(13)5-7)11(6-14)2-3-11/h4-5,14H,2-3,6H2,1H3. The van der Waals surface area contributed by atoms with Crippen LogP contribution in [-0.2, 0) is 5.41 Å². The maximum atomic E-state index is 13.5. The van der Waals surface area contributed by atoms with E-state index >= 15 is 0 Å². The first-order valence-electron chi connectivity index (χ1n) is 4.66. The number of rotatable bonds is 2. The fourth-order valence-electron chi connectivity index (χ4n) is 1.84. The summed E-state index contributed by atoms with van der Waals surface area (Å²) in [6.45, 7) is 1.47. The zero-order valence-corrected chi connectivity index (χ0v) is 7.98. The first-order chi connectivity index (χ1) is 6.59. The van der Waals surface area contributed by atoms with Crippen LogP contribution in [0.4, 0.5) is 8.78 Å². The molecule has 1 aromatic carbocycles. The van der Waals surface area contributed by atoms with E-state index in [0.29, 0.717) is 18.4 Å². The highest BCUT2D eigenvalue weighted by molar-refractivity contribution is 5.36. The number of hydrogen-bond donors (Lipinski definition) is 1. The van der Waals surface area contributed by atoms with Crippen LogP contribution in [0.3, 0.4) is 0 Å². The number of benzene rings is 1. The van der Waals surface area contributed by atoms with Crippen molar-refractivity contribution in [1.82, 2.24) is 0 Å². The molecule has 76 valence electrons. The molecule has 2 rings (SSSR count). The molecule has 1 saturated carbocycles. The molecule has 1 aromatic rings. The number of aryl methyl sites for hydroxylation is 1. The molecule has 0 saturated heterocycles. The van der Waals surface area contributed by atoms with Crippen LogP contribution in [0.1, 0.15) is 24.0 Å². The van der Waals surface area contributed by atoms with Gasteiger partial charge in [0, 0.05) is 11.0 Å². The van der Waals surface area contributed by atoms with Gasteiger partial charge >= 0.3 is 0 Å². The number of aliphatic hydroxyl groups is 1. The number of hydrogen-bond acceptors (Lipinski definition) is 1. The van der Waals surface area contributed by atoms with Crippen LogP contribution in [0.15, 0.2) is 12.1 Å². The molecule has 0 aromatic heterocycles. The largest absolute Gasteiger partial charge is 0.395 e. The normalized spacial score (nSPS) is 18.3. The molecule has 0 amide bonds. The first kappa shape index (κ1) is 9.59. The predicted molar refractivity (Wildman–Crippen MR) is 49.1 cm³/mol. The third kappa shape index (κ3) is 1.32. The van der Waals surface area contributed by atoms with Crippen molar-refractivity contribution in [2.45, 2.75) is 25.2 Å². The van der Waals surface area contributed by atoms with Crippen molar-refractivity contribution in [3.63, 3.8) is 0 Å². The van der Waals surface area contributed by atoms with Gasteiger partial charge in [-0.2, -0.15) is 0 Å². The Bertz CT molecular complexity index is 347. The van der Waals surface area contributed by atoms with Crippen LogP contribution < -0.4 is 0 Å². The summed E-state index contributed by atoms with van der Waals surface area (Å²) in [6.07, 6.45) is 1.33. The summed E-state index contributed by atoms with van der Waals surface area (Å²) in [5.74, 6) is -1.07. The lowest BCUT2D eigenvalue weighted by Crippen LogP contribution is -2.16. The van der Waals surface area contributed by atoms with Crippen molar-refractivity contribution in [2.24, 2.45) is 0 Å². The van der Waals surface area contributed by atoms with Gasteiger partial charge in [-0.15, -0.1) is 0 Å². The average molecular weight is 198 g/mol. The highest BCUT2D eigenvalue weighted by Gasteiger charge is 2.47. The zero-order valence-electron chi connectivity index (χ0n) is 7.98. The Kier molecular flexibility index (Phi) is 2.07. The minimum Gasteiger partial charge on any atom is -0.395 e. The smallest absolute Gasteiger partial charge is 0.130 e. The van der Waals surface area contributed by atoms with Crippen LogP contribution in [0.2, 0.25) is 0 Å². The molecule has 0 radical (unpaired) electrons. The summed E-state index contributed by atoms with van der Waals surface area (Å²) in [7, 11) is 0. The molecule has 0 atom stereocenters. The van der Waals surface area contributed by atoms with E-state index in [1.54, 1.807) is 6.92 Å². The van der Waals surface area contributed by atoms with Crippen molar-refractivity contribution in [3.8, 4) is 0 Å². The summed E-state index contributed by atoms with van der Waals surface area (Å²) in [5.41, 5.74) is -0.00918. The van der Waals surface area contributed by atoms with E-state index in [-0.39, 0.29) is 12.2 Å². The van der Waals surface area contributed by atoms with Crippen LogP contribution in [0, 0.1) is 18.6 Å². The van der Waals surface area contributed by atoms with Crippen molar-refractivity contribution < 1.29 is 13.9 Å². The predicted octanol–water partition coefficient (Wildman–Crippen LogP) is 2.30. The molecule has 0 bridgehead atoms. The lowest BCUT2D eigenvalue weighted by atomic mass is 9.94. The molecule has 3 heteroatoms. The lowest BCUT2D eigenvalue weighted by Gasteiger charge is -2.14. The first-order valence-corrected chi connectivity index (χ1v) is 4.66. The Labute approximate surface area is 81.4 Å². The Morgan fingerprint density at radius 3 is 2.14 bits per heavy atom. The molecule has 1 aliphatic rings. The van der Waals surface area contributed by atoms with Crippen LogP contribution in [0.25, 0.3) is 0 Å². The van der Waals surface area contributed by atoms with Gasteiger partial charge in [0.15, 0.2) is 0 Å². The molecule has 1 nitrogen and oxygen atoms in total. The van der Waals surface area contributed by atoms with E-state index < -0.39 is 17.0 Å². The fraction of sp³-hybridized carbons (Fsp3) is 0.455. The Hall–Kier alpha value is -0.960. The molecule has 1 N–H and O–H groups in total. The van der Waals surface area contributed by atoms with E-state index in [9.17, 15) is 8.78 Å². The van der Waals surface area contributed by atoms with E-state index in [1.165, 1.54) is 12.1 Å². The lowest BCUT2D eigenvalue weighted by molar-refractivity contribution is 0.248. The third-order valence-corrected chi connectivity index (χ3v) is 2.87. The van der Waals surface area contributed by atoms with Gasteiger partial charge in [0.25, 0.3) is 0 Å². The molecule has 0 spiro atoms. The summed E-state index contributed by atoms with van der Waals surface area (Å²) in [6, 6.07) is 2.63. The van der Waals surface area contributed by atoms with Gasteiger partial charge in [0.1, 0.15) is 11.6 Å². The molecular weight excluding hydrogens is 186 g/mol. The van der Waals surface area contributed by atoms with Crippen molar-refractivity contribution in [1.29, 1.82) is 0 Å². The van der Waals surface area contributed by atoms with Crippen LogP contribution >= 0.6 is 0 Å². The van der Waals surface area contributed by atoms with Crippen molar-refractivity contribution in [2.75, 3.05) is 6.61 Å². The maximum Gasteiger partial charge on any atom is 0.130 e.